The van der Waals surface area contributed by atoms with Crippen molar-refractivity contribution >= 4 is 23.2 Å². The van der Waals surface area contributed by atoms with Crippen LogP contribution in [-0.2, 0) is 11.2 Å². The lowest BCUT2D eigenvalue weighted by Crippen LogP contribution is -2.25. The van der Waals surface area contributed by atoms with E-state index in [0.717, 1.165) is 12.1 Å². The van der Waals surface area contributed by atoms with E-state index in [0.29, 0.717) is 22.7 Å². The quantitative estimate of drug-likeness (QED) is 0.910. The number of rotatable bonds is 3. The van der Waals surface area contributed by atoms with Gasteiger partial charge in [0.1, 0.15) is 5.75 Å². The molecule has 1 aromatic heterocycles. The van der Waals surface area contributed by atoms with Gasteiger partial charge in [0, 0.05) is 23.6 Å². The first-order chi connectivity index (χ1) is 10.7. The summed E-state index contributed by atoms with van der Waals surface area (Å²) in [5, 5.41) is 5.48. The maximum atomic E-state index is 12.2. The van der Waals surface area contributed by atoms with E-state index in [-0.39, 0.29) is 18.4 Å². The van der Waals surface area contributed by atoms with Crippen LogP contribution in [0.5, 0.6) is 5.75 Å². The van der Waals surface area contributed by atoms with E-state index < -0.39 is 0 Å². The molecule has 2 N–H and O–H groups in total. The van der Waals surface area contributed by atoms with Gasteiger partial charge in [-0.15, -0.1) is 0 Å². The normalized spacial score (nSPS) is 12.9. The van der Waals surface area contributed by atoms with Crippen molar-refractivity contribution in [1.82, 2.24) is 4.98 Å². The largest absolute Gasteiger partial charge is 0.482 e. The van der Waals surface area contributed by atoms with Gasteiger partial charge in [0.25, 0.3) is 11.8 Å². The third kappa shape index (κ3) is 2.90. The van der Waals surface area contributed by atoms with Gasteiger partial charge >= 0.3 is 0 Å². The van der Waals surface area contributed by atoms with Crippen molar-refractivity contribution in [3.05, 3.63) is 47.8 Å². The first-order valence-electron chi connectivity index (χ1n) is 6.98. The Labute approximate surface area is 127 Å². The summed E-state index contributed by atoms with van der Waals surface area (Å²) < 4.78 is 5.32. The van der Waals surface area contributed by atoms with Crippen LogP contribution >= 0.6 is 0 Å². The number of aromatic nitrogens is 1. The summed E-state index contributed by atoms with van der Waals surface area (Å²) in [6, 6.07) is 8.66. The Morgan fingerprint density at radius 2 is 2.23 bits per heavy atom. The maximum Gasteiger partial charge on any atom is 0.262 e. The first kappa shape index (κ1) is 14.1. The molecule has 0 unspecified atom stereocenters. The number of nitrogens with zero attached hydrogens (tertiary/aromatic N) is 1. The Morgan fingerprint density at radius 3 is 2.95 bits per heavy atom. The van der Waals surface area contributed by atoms with Crippen molar-refractivity contribution in [1.29, 1.82) is 0 Å². The molecule has 1 aliphatic heterocycles. The number of fused-ring (bicyclic) bond motifs is 1. The lowest BCUT2D eigenvalue weighted by molar-refractivity contribution is -0.118. The number of anilines is 2. The molecule has 0 bridgehead atoms. The Balaban J connectivity index is 1.75. The minimum Gasteiger partial charge on any atom is -0.482 e. The molecule has 0 spiro atoms. The van der Waals surface area contributed by atoms with Crippen molar-refractivity contribution < 1.29 is 14.3 Å². The fraction of sp³-hybridized carbons (Fsp3) is 0.188. The van der Waals surface area contributed by atoms with Gasteiger partial charge < -0.3 is 15.4 Å². The van der Waals surface area contributed by atoms with Gasteiger partial charge in [-0.2, -0.15) is 0 Å². The Morgan fingerprint density at radius 1 is 1.36 bits per heavy atom. The first-order valence-corrected chi connectivity index (χ1v) is 6.98. The lowest BCUT2D eigenvalue weighted by atomic mass is 10.2. The predicted molar refractivity (Wildman–Crippen MR) is 82.1 cm³/mol. The fourth-order valence-electron chi connectivity index (χ4n) is 2.12. The van der Waals surface area contributed by atoms with Crippen LogP contribution in [0, 0.1) is 0 Å². The molecule has 1 aliphatic rings. The number of aryl methyl sites for hydroxylation is 1. The SMILES string of the molecule is CCc1ccc(C(=O)Nc2ccc3c(c2)OCC(=O)N3)cn1. The molecular formula is C16H15N3O3. The second kappa shape index (κ2) is 5.85. The topological polar surface area (TPSA) is 80.3 Å². The maximum absolute atomic E-state index is 12.2. The number of pyridine rings is 1. The summed E-state index contributed by atoms with van der Waals surface area (Å²) in [5.41, 5.74) is 2.63. The van der Waals surface area contributed by atoms with Crippen LogP contribution in [0.4, 0.5) is 11.4 Å². The zero-order chi connectivity index (χ0) is 15.5. The summed E-state index contributed by atoms with van der Waals surface area (Å²) in [7, 11) is 0. The Hall–Kier alpha value is -2.89. The monoisotopic (exact) mass is 297 g/mol. The van der Waals surface area contributed by atoms with Crippen LogP contribution < -0.4 is 15.4 Å². The van der Waals surface area contributed by atoms with E-state index in [2.05, 4.69) is 15.6 Å². The van der Waals surface area contributed by atoms with Crippen molar-refractivity contribution in [2.45, 2.75) is 13.3 Å². The number of hydrogen-bond donors (Lipinski definition) is 2. The number of hydrogen-bond acceptors (Lipinski definition) is 4. The molecule has 3 rings (SSSR count). The molecule has 2 aromatic rings. The minimum atomic E-state index is -0.241. The van der Waals surface area contributed by atoms with Crippen molar-refractivity contribution in [3.8, 4) is 5.75 Å². The summed E-state index contributed by atoms with van der Waals surface area (Å²) in [4.78, 5) is 27.6. The average Bonchev–Trinajstić information content (AvgIpc) is 2.55. The van der Waals surface area contributed by atoms with E-state index in [1.54, 1.807) is 30.5 Å². The molecule has 0 atom stereocenters. The van der Waals surface area contributed by atoms with E-state index in [9.17, 15) is 9.59 Å². The second-order valence-electron chi connectivity index (χ2n) is 4.89. The summed E-state index contributed by atoms with van der Waals surface area (Å²) in [6.45, 7) is 1.99. The van der Waals surface area contributed by atoms with E-state index in [1.165, 1.54) is 0 Å². The predicted octanol–water partition coefficient (Wildman–Crippen LogP) is 2.23. The number of nitrogens with one attached hydrogen (secondary N) is 2. The molecule has 0 saturated heterocycles. The van der Waals surface area contributed by atoms with E-state index in [4.69, 9.17) is 4.74 Å². The molecule has 6 heteroatoms. The molecule has 0 fully saturated rings. The lowest BCUT2D eigenvalue weighted by Gasteiger charge is -2.18. The number of amides is 2. The van der Waals surface area contributed by atoms with Crippen LogP contribution in [0.2, 0.25) is 0 Å². The second-order valence-corrected chi connectivity index (χ2v) is 4.89. The Kier molecular flexibility index (Phi) is 3.74. The fourth-order valence-corrected chi connectivity index (χ4v) is 2.12. The molecule has 2 heterocycles. The van der Waals surface area contributed by atoms with Gasteiger partial charge in [-0.3, -0.25) is 14.6 Å². The number of ether oxygens (including phenoxy) is 1. The van der Waals surface area contributed by atoms with Gasteiger partial charge in [0.05, 0.1) is 11.3 Å². The molecule has 0 radical (unpaired) electrons. The van der Waals surface area contributed by atoms with Gasteiger partial charge in [-0.25, -0.2) is 0 Å². The highest BCUT2D eigenvalue weighted by molar-refractivity contribution is 6.04. The van der Waals surface area contributed by atoms with Crippen LogP contribution in [0.1, 0.15) is 23.0 Å². The van der Waals surface area contributed by atoms with Crippen LogP contribution in [0.25, 0.3) is 0 Å². The molecule has 6 nitrogen and oxygen atoms in total. The number of carbonyl (C=O) groups excluding carboxylic acids is 2. The highest BCUT2D eigenvalue weighted by Crippen LogP contribution is 2.30. The Bertz CT molecular complexity index is 726. The van der Waals surface area contributed by atoms with Gasteiger partial charge in [0.15, 0.2) is 6.61 Å². The van der Waals surface area contributed by atoms with E-state index >= 15 is 0 Å². The van der Waals surface area contributed by atoms with Crippen molar-refractivity contribution in [2.75, 3.05) is 17.2 Å². The molecule has 0 saturated carbocycles. The highest BCUT2D eigenvalue weighted by Gasteiger charge is 2.16. The number of carbonyl (C=O) groups is 2. The standard InChI is InChI=1S/C16H15N3O3/c1-2-11-4-3-10(8-17-11)16(21)18-12-5-6-13-14(7-12)22-9-15(20)19-13/h3-8H,2,9H2,1H3,(H,18,21)(H,19,20). The zero-order valence-corrected chi connectivity index (χ0v) is 12.1. The molecular weight excluding hydrogens is 282 g/mol. The molecule has 1 aromatic carbocycles. The van der Waals surface area contributed by atoms with Gasteiger partial charge in [-0.1, -0.05) is 6.92 Å². The summed E-state index contributed by atoms with van der Waals surface area (Å²) in [5.74, 6) is 0.109. The molecule has 0 aliphatic carbocycles. The highest BCUT2D eigenvalue weighted by atomic mass is 16.5. The summed E-state index contributed by atoms with van der Waals surface area (Å²) in [6.07, 6.45) is 2.39. The number of benzene rings is 1. The van der Waals surface area contributed by atoms with E-state index in [1.807, 2.05) is 13.0 Å². The van der Waals surface area contributed by atoms with Crippen LogP contribution in [0.3, 0.4) is 0 Å². The minimum absolute atomic E-state index is 0.0210. The third-order valence-electron chi connectivity index (χ3n) is 3.32. The van der Waals surface area contributed by atoms with Gasteiger partial charge in [0.2, 0.25) is 0 Å². The molecule has 22 heavy (non-hydrogen) atoms. The summed E-state index contributed by atoms with van der Waals surface area (Å²) >= 11 is 0. The van der Waals surface area contributed by atoms with Crippen LogP contribution in [0.15, 0.2) is 36.5 Å². The zero-order valence-electron chi connectivity index (χ0n) is 12.1. The van der Waals surface area contributed by atoms with Gasteiger partial charge in [-0.05, 0) is 30.7 Å². The van der Waals surface area contributed by atoms with Crippen molar-refractivity contribution in [2.24, 2.45) is 0 Å². The molecule has 2 amide bonds. The third-order valence-corrected chi connectivity index (χ3v) is 3.32. The van der Waals surface area contributed by atoms with Crippen LogP contribution in [-0.4, -0.2) is 23.4 Å². The average molecular weight is 297 g/mol. The smallest absolute Gasteiger partial charge is 0.262 e. The van der Waals surface area contributed by atoms with Crippen molar-refractivity contribution in [3.63, 3.8) is 0 Å². The molecule has 112 valence electrons.